The van der Waals surface area contributed by atoms with E-state index in [1.807, 2.05) is 38.1 Å². The number of benzene rings is 1. The van der Waals surface area contributed by atoms with Crippen molar-refractivity contribution in [1.82, 2.24) is 4.98 Å². The van der Waals surface area contributed by atoms with Crippen LogP contribution in [0.4, 0.5) is 11.5 Å². The first-order valence-corrected chi connectivity index (χ1v) is 7.22. The number of nitrogen functional groups attached to an aromatic ring is 1. The number of anilines is 2. The molecule has 1 heterocycles. The molecule has 0 spiro atoms. The van der Waals surface area contributed by atoms with Gasteiger partial charge in [0.1, 0.15) is 5.82 Å². The summed E-state index contributed by atoms with van der Waals surface area (Å²) in [6, 6.07) is 12.2. The summed E-state index contributed by atoms with van der Waals surface area (Å²) in [5, 5.41) is 3.39. The van der Waals surface area contributed by atoms with E-state index < -0.39 is 0 Å². The molecule has 3 N–H and O–H groups in total. The maximum Gasteiger partial charge on any atom is 0.239 e. The predicted molar refractivity (Wildman–Crippen MR) is 87.6 cm³/mol. The lowest BCUT2D eigenvalue weighted by molar-refractivity contribution is 0.234. The van der Waals surface area contributed by atoms with Crippen molar-refractivity contribution in [3.63, 3.8) is 0 Å². The third kappa shape index (κ3) is 3.88. The number of nitrogens with one attached hydrogen (secondary N) is 1. The quantitative estimate of drug-likeness (QED) is 0.873. The monoisotopic (exact) mass is 285 g/mol. The molecule has 1 aromatic heterocycles. The third-order valence-electron chi connectivity index (χ3n) is 3.26. The van der Waals surface area contributed by atoms with Crippen LogP contribution in [0.5, 0.6) is 5.88 Å². The van der Waals surface area contributed by atoms with Crippen LogP contribution in [0.15, 0.2) is 36.4 Å². The number of hydrogen-bond acceptors (Lipinski definition) is 4. The molecule has 0 aliphatic carbocycles. The maximum absolute atomic E-state index is 5.89. The van der Waals surface area contributed by atoms with Crippen molar-refractivity contribution in [1.29, 1.82) is 0 Å². The lowest BCUT2D eigenvalue weighted by Crippen LogP contribution is -2.12. The van der Waals surface area contributed by atoms with Gasteiger partial charge in [-0.15, -0.1) is 0 Å². The van der Waals surface area contributed by atoms with E-state index in [-0.39, 0.29) is 12.1 Å². The van der Waals surface area contributed by atoms with Gasteiger partial charge < -0.3 is 15.8 Å². The zero-order chi connectivity index (χ0) is 15.4. The van der Waals surface area contributed by atoms with E-state index in [1.165, 1.54) is 11.1 Å². The maximum atomic E-state index is 5.89. The highest BCUT2D eigenvalue weighted by atomic mass is 16.5. The molecule has 0 fully saturated rings. The molecule has 4 heteroatoms. The van der Waals surface area contributed by atoms with E-state index in [1.54, 1.807) is 0 Å². The van der Waals surface area contributed by atoms with Gasteiger partial charge in [-0.2, -0.15) is 4.98 Å². The number of nitrogens with zero attached hydrogens (tertiary/aromatic N) is 1. The van der Waals surface area contributed by atoms with E-state index in [2.05, 4.69) is 36.3 Å². The second-order valence-corrected chi connectivity index (χ2v) is 5.48. The van der Waals surface area contributed by atoms with Crippen molar-refractivity contribution in [3.8, 4) is 5.88 Å². The second-order valence-electron chi connectivity index (χ2n) is 5.48. The summed E-state index contributed by atoms with van der Waals surface area (Å²) in [6.07, 6.45) is 0.0452. The number of nitrogens with two attached hydrogens (primary N) is 1. The summed E-state index contributed by atoms with van der Waals surface area (Å²) in [7, 11) is 0. The van der Waals surface area contributed by atoms with Gasteiger partial charge in [0.25, 0.3) is 0 Å². The smallest absolute Gasteiger partial charge is 0.239 e. The molecule has 1 unspecified atom stereocenters. The summed E-state index contributed by atoms with van der Waals surface area (Å²) in [6.45, 7) is 8.13. The molecule has 1 aromatic carbocycles. The van der Waals surface area contributed by atoms with Gasteiger partial charge in [-0.3, -0.25) is 0 Å². The Morgan fingerprint density at radius 2 is 1.81 bits per heavy atom. The Bertz CT molecular complexity index is 611. The molecule has 2 aromatic rings. The number of rotatable bonds is 5. The first kappa shape index (κ1) is 15.2. The van der Waals surface area contributed by atoms with Crippen LogP contribution in [-0.2, 0) is 0 Å². The molecule has 0 saturated carbocycles. The molecular formula is C17H23N3O. The van der Waals surface area contributed by atoms with E-state index in [0.717, 1.165) is 5.82 Å². The summed E-state index contributed by atoms with van der Waals surface area (Å²) < 4.78 is 5.62. The molecule has 0 aliphatic heterocycles. The molecule has 112 valence electrons. The van der Waals surface area contributed by atoms with Crippen molar-refractivity contribution in [2.75, 3.05) is 11.1 Å². The van der Waals surface area contributed by atoms with E-state index >= 15 is 0 Å². The van der Waals surface area contributed by atoms with Crippen LogP contribution in [0.25, 0.3) is 0 Å². The zero-order valence-corrected chi connectivity index (χ0v) is 13.1. The van der Waals surface area contributed by atoms with Gasteiger partial charge in [-0.25, -0.2) is 0 Å². The molecule has 0 amide bonds. The van der Waals surface area contributed by atoms with E-state index in [4.69, 9.17) is 10.5 Å². The molecule has 21 heavy (non-hydrogen) atoms. The standard InChI is InChI=1S/C17H23N3O/c1-11(2)21-17-15(18)9-10-16(20-17)19-13(4)14-8-6-5-7-12(14)3/h5-11,13H,18H2,1-4H3,(H,19,20). The Balaban J connectivity index is 2.18. The number of aromatic nitrogens is 1. The molecule has 1 atom stereocenters. The lowest BCUT2D eigenvalue weighted by Gasteiger charge is -2.18. The van der Waals surface area contributed by atoms with Crippen LogP contribution in [0, 0.1) is 6.92 Å². The SMILES string of the molecule is Cc1ccccc1C(C)Nc1ccc(N)c(OC(C)C)n1. The van der Waals surface area contributed by atoms with Crippen LogP contribution < -0.4 is 15.8 Å². The molecule has 4 nitrogen and oxygen atoms in total. The van der Waals surface area contributed by atoms with Gasteiger partial charge >= 0.3 is 0 Å². The Morgan fingerprint density at radius 3 is 2.48 bits per heavy atom. The van der Waals surface area contributed by atoms with Crippen molar-refractivity contribution in [2.45, 2.75) is 39.8 Å². The predicted octanol–water partition coefficient (Wildman–Crippen LogP) is 3.93. The minimum atomic E-state index is 0.0452. The first-order chi connectivity index (χ1) is 9.97. The lowest BCUT2D eigenvalue weighted by atomic mass is 10.0. The van der Waals surface area contributed by atoms with Crippen molar-refractivity contribution >= 4 is 11.5 Å². The fraction of sp³-hybridized carbons (Fsp3) is 0.353. The van der Waals surface area contributed by atoms with Gasteiger partial charge in [0.15, 0.2) is 0 Å². The van der Waals surface area contributed by atoms with E-state index in [9.17, 15) is 0 Å². The van der Waals surface area contributed by atoms with Crippen LogP contribution >= 0.6 is 0 Å². The van der Waals surface area contributed by atoms with Crippen LogP contribution in [-0.4, -0.2) is 11.1 Å². The average molecular weight is 285 g/mol. The minimum Gasteiger partial charge on any atom is -0.473 e. The Morgan fingerprint density at radius 1 is 1.10 bits per heavy atom. The molecular weight excluding hydrogens is 262 g/mol. The first-order valence-electron chi connectivity index (χ1n) is 7.22. The molecule has 0 radical (unpaired) electrons. The van der Waals surface area contributed by atoms with Crippen LogP contribution in [0.1, 0.15) is 37.9 Å². The number of hydrogen-bond donors (Lipinski definition) is 2. The van der Waals surface area contributed by atoms with Crippen LogP contribution in [0.2, 0.25) is 0 Å². The summed E-state index contributed by atoms with van der Waals surface area (Å²) in [4.78, 5) is 4.45. The average Bonchev–Trinajstić information content (AvgIpc) is 2.42. The van der Waals surface area contributed by atoms with Gasteiger partial charge in [-0.05, 0) is 51.0 Å². The Labute approximate surface area is 126 Å². The fourth-order valence-electron chi connectivity index (χ4n) is 2.22. The normalized spacial score (nSPS) is 12.2. The highest BCUT2D eigenvalue weighted by Crippen LogP contribution is 2.25. The van der Waals surface area contributed by atoms with Gasteiger partial charge in [-0.1, -0.05) is 24.3 Å². The van der Waals surface area contributed by atoms with Gasteiger partial charge in [0.2, 0.25) is 5.88 Å². The third-order valence-corrected chi connectivity index (χ3v) is 3.26. The second kappa shape index (κ2) is 6.48. The summed E-state index contributed by atoms with van der Waals surface area (Å²) >= 11 is 0. The fourth-order valence-corrected chi connectivity index (χ4v) is 2.22. The molecule has 0 bridgehead atoms. The highest BCUT2D eigenvalue weighted by molar-refractivity contribution is 5.54. The van der Waals surface area contributed by atoms with Crippen LogP contribution in [0.3, 0.4) is 0 Å². The molecule has 0 aliphatic rings. The van der Waals surface area contributed by atoms with E-state index in [0.29, 0.717) is 11.6 Å². The number of ether oxygens (including phenoxy) is 1. The molecule has 0 saturated heterocycles. The summed E-state index contributed by atoms with van der Waals surface area (Å²) in [5.41, 5.74) is 8.95. The Kier molecular flexibility index (Phi) is 4.68. The highest BCUT2D eigenvalue weighted by Gasteiger charge is 2.11. The molecule has 2 rings (SSSR count). The van der Waals surface area contributed by atoms with Gasteiger partial charge in [0.05, 0.1) is 17.8 Å². The summed E-state index contributed by atoms with van der Waals surface area (Å²) in [5.74, 6) is 1.24. The van der Waals surface area contributed by atoms with Crippen molar-refractivity contribution in [2.24, 2.45) is 0 Å². The van der Waals surface area contributed by atoms with Crippen molar-refractivity contribution < 1.29 is 4.74 Å². The number of aryl methyl sites for hydroxylation is 1. The van der Waals surface area contributed by atoms with Gasteiger partial charge in [0, 0.05) is 0 Å². The van der Waals surface area contributed by atoms with Crippen molar-refractivity contribution in [3.05, 3.63) is 47.5 Å². The minimum absolute atomic E-state index is 0.0452. The zero-order valence-electron chi connectivity index (χ0n) is 13.1. The Hall–Kier alpha value is -2.23. The largest absolute Gasteiger partial charge is 0.473 e. The topological polar surface area (TPSA) is 60.2 Å². The number of pyridine rings is 1.